The number of aliphatic hydroxyl groups is 1. The lowest BCUT2D eigenvalue weighted by molar-refractivity contribution is 0.170. The van der Waals surface area contributed by atoms with Gasteiger partial charge in [-0.15, -0.1) is 0 Å². The number of hydrogen-bond donors (Lipinski definition) is 2. The van der Waals surface area contributed by atoms with Crippen molar-refractivity contribution >= 4 is 0 Å². The molecule has 0 bridgehead atoms. The Bertz CT molecular complexity index is 574. The molecule has 0 amide bonds. The number of benzene rings is 2. The quantitative estimate of drug-likeness (QED) is 0.856. The third-order valence-corrected chi connectivity index (χ3v) is 3.37. The summed E-state index contributed by atoms with van der Waals surface area (Å²) in [4.78, 5) is 0. The van der Waals surface area contributed by atoms with Crippen molar-refractivity contribution in [1.82, 2.24) is 5.32 Å². The summed E-state index contributed by atoms with van der Waals surface area (Å²) in [5, 5.41) is 13.2. The molecule has 0 aromatic heterocycles. The summed E-state index contributed by atoms with van der Waals surface area (Å²) in [5.41, 5.74) is 1.58. The van der Waals surface area contributed by atoms with Crippen LogP contribution in [0.25, 0.3) is 0 Å². The molecule has 4 heteroatoms. The molecule has 0 saturated carbocycles. The lowest BCUT2D eigenvalue weighted by Gasteiger charge is -2.17. The van der Waals surface area contributed by atoms with E-state index in [1.165, 1.54) is 11.6 Å². The Hall–Kier alpha value is -1.78. The molecule has 0 spiro atoms. The number of hydrogen-bond acceptors (Lipinski definition) is 2. The standard InChI is InChI=1S/C17H19F2NO/c1-12(9-13-5-3-2-4-6-13)20-11-17(21)14-7-8-15(18)16(19)10-14/h2-8,10,12,17,20-21H,9,11H2,1H3. The Morgan fingerprint density at radius 3 is 2.43 bits per heavy atom. The molecule has 0 saturated heterocycles. The molecule has 2 nitrogen and oxygen atoms in total. The monoisotopic (exact) mass is 291 g/mol. The van der Waals surface area contributed by atoms with E-state index in [2.05, 4.69) is 5.32 Å². The van der Waals surface area contributed by atoms with Crippen LogP contribution in [0.1, 0.15) is 24.2 Å². The highest BCUT2D eigenvalue weighted by Gasteiger charge is 2.12. The SMILES string of the molecule is CC(Cc1ccccc1)NCC(O)c1ccc(F)c(F)c1. The minimum Gasteiger partial charge on any atom is -0.387 e. The van der Waals surface area contributed by atoms with Crippen LogP contribution in [0.2, 0.25) is 0 Å². The van der Waals surface area contributed by atoms with Gasteiger partial charge in [-0.25, -0.2) is 8.78 Å². The van der Waals surface area contributed by atoms with E-state index in [9.17, 15) is 13.9 Å². The molecule has 2 N–H and O–H groups in total. The highest BCUT2D eigenvalue weighted by Crippen LogP contribution is 2.16. The Morgan fingerprint density at radius 1 is 1.05 bits per heavy atom. The molecule has 112 valence electrons. The number of nitrogens with one attached hydrogen (secondary N) is 1. The first-order valence-electron chi connectivity index (χ1n) is 6.96. The maximum Gasteiger partial charge on any atom is 0.159 e. The van der Waals surface area contributed by atoms with Crippen LogP contribution in [0.4, 0.5) is 8.78 Å². The Labute approximate surface area is 123 Å². The van der Waals surface area contributed by atoms with E-state index >= 15 is 0 Å². The second kappa shape index (κ2) is 7.29. The van der Waals surface area contributed by atoms with Crippen molar-refractivity contribution in [2.75, 3.05) is 6.54 Å². The molecule has 0 heterocycles. The Morgan fingerprint density at radius 2 is 1.76 bits per heavy atom. The van der Waals surface area contributed by atoms with E-state index in [4.69, 9.17) is 0 Å². The predicted octanol–water partition coefficient (Wildman–Crippen LogP) is 3.22. The van der Waals surface area contributed by atoms with Gasteiger partial charge in [0.05, 0.1) is 6.10 Å². The summed E-state index contributed by atoms with van der Waals surface area (Å²) in [6.07, 6.45) is -0.0240. The van der Waals surface area contributed by atoms with Crippen molar-refractivity contribution < 1.29 is 13.9 Å². The van der Waals surface area contributed by atoms with E-state index < -0.39 is 17.7 Å². The molecule has 2 unspecified atom stereocenters. The zero-order chi connectivity index (χ0) is 15.2. The largest absolute Gasteiger partial charge is 0.387 e. The first kappa shape index (κ1) is 15.6. The smallest absolute Gasteiger partial charge is 0.159 e. The maximum absolute atomic E-state index is 13.1. The predicted molar refractivity (Wildman–Crippen MR) is 78.9 cm³/mol. The van der Waals surface area contributed by atoms with Crippen LogP contribution >= 0.6 is 0 Å². The van der Waals surface area contributed by atoms with Gasteiger partial charge in [-0.05, 0) is 36.6 Å². The van der Waals surface area contributed by atoms with E-state index in [0.717, 1.165) is 18.6 Å². The van der Waals surface area contributed by atoms with Crippen molar-refractivity contribution in [3.05, 3.63) is 71.3 Å². The molecule has 0 fully saturated rings. The van der Waals surface area contributed by atoms with Crippen LogP contribution in [-0.4, -0.2) is 17.7 Å². The van der Waals surface area contributed by atoms with Gasteiger partial charge in [0.1, 0.15) is 0 Å². The van der Waals surface area contributed by atoms with Crippen LogP contribution in [0.5, 0.6) is 0 Å². The van der Waals surface area contributed by atoms with Crippen molar-refractivity contribution in [3.8, 4) is 0 Å². The first-order chi connectivity index (χ1) is 10.1. The van der Waals surface area contributed by atoms with Gasteiger partial charge in [-0.2, -0.15) is 0 Å². The van der Waals surface area contributed by atoms with E-state index in [1.54, 1.807) is 0 Å². The van der Waals surface area contributed by atoms with Gasteiger partial charge in [0.25, 0.3) is 0 Å². The van der Waals surface area contributed by atoms with Gasteiger partial charge >= 0.3 is 0 Å². The molecular weight excluding hydrogens is 272 g/mol. The van der Waals surface area contributed by atoms with Gasteiger partial charge in [0.15, 0.2) is 11.6 Å². The van der Waals surface area contributed by atoms with Gasteiger partial charge in [-0.3, -0.25) is 0 Å². The molecule has 0 aliphatic carbocycles. The Kier molecular flexibility index (Phi) is 5.42. The van der Waals surface area contributed by atoms with Crippen LogP contribution in [0.15, 0.2) is 48.5 Å². The topological polar surface area (TPSA) is 32.3 Å². The zero-order valence-electron chi connectivity index (χ0n) is 11.9. The van der Waals surface area contributed by atoms with E-state index in [1.807, 2.05) is 37.3 Å². The van der Waals surface area contributed by atoms with Gasteiger partial charge in [-0.1, -0.05) is 36.4 Å². The molecule has 0 aliphatic rings. The van der Waals surface area contributed by atoms with Crippen LogP contribution in [-0.2, 0) is 6.42 Å². The second-order valence-corrected chi connectivity index (χ2v) is 5.19. The number of halogens is 2. The third kappa shape index (κ3) is 4.62. The zero-order valence-corrected chi connectivity index (χ0v) is 11.9. The summed E-state index contributed by atoms with van der Waals surface area (Å²) in [5.74, 6) is -1.85. The molecule has 2 aromatic carbocycles. The summed E-state index contributed by atoms with van der Waals surface area (Å²) >= 11 is 0. The van der Waals surface area contributed by atoms with E-state index in [0.29, 0.717) is 12.1 Å². The molecule has 2 atom stereocenters. The van der Waals surface area contributed by atoms with Crippen LogP contribution < -0.4 is 5.32 Å². The summed E-state index contributed by atoms with van der Waals surface area (Å²) in [6, 6.07) is 13.7. The minimum absolute atomic E-state index is 0.173. The highest BCUT2D eigenvalue weighted by atomic mass is 19.2. The second-order valence-electron chi connectivity index (χ2n) is 5.19. The highest BCUT2D eigenvalue weighted by molar-refractivity contribution is 5.20. The van der Waals surface area contributed by atoms with Gasteiger partial charge in [0, 0.05) is 12.6 Å². The average Bonchev–Trinajstić information content (AvgIpc) is 2.48. The van der Waals surface area contributed by atoms with Crippen molar-refractivity contribution in [2.24, 2.45) is 0 Å². The normalized spacial score (nSPS) is 13.9. The van der Waals surface area contributed by atoms with Gasteiger partial charge in [0.2, 0.25) is 0 Å². The van der Waals surface area contributed by atoms with Gasteiger partial charge < -0.3 is 10.4 Å². The van der Waals surface area contributed by atoms with Crippen molar-refractivity contribution in [2.45, 2.75) is 25.5 Å². The molecular formula is C17H19F2NO. The van der Waals surface area contributed by atoms with Crippen LogP contribution in [0, 0.1) is 11.6 Å². The first-order valence-corrected chi connectivity index (χ1v) is 6.96. The molecule has 21 heavy (non-hydrogen) atoms. The third-order valence-electron chi connectivity index (χ3n) is 3.37. The summed E-state index contributed by atoms with van der Waals surface area (Å²) < 4.78 is 26.0. The maximum atomic E-state index is 13.1. The minimum atomic E-state index is -0.941. The number of rotatable bonds is 6. The molecule has 2 rings (SSSR count). The molecule has 0 radical (unpaired) electrons. The van der Waals surface area contributed by atoms with Crippen molar-refractivity contribution in [3.63, 3.8) is 0 Å². The average molecular weight is 291 g/mol. The fraction of sp³-hybridized carbons (Fsp3) is 0.294. The fourth-order valence-corrected chi connectivity index (χ4v) is 2.19. The lowest BCUT2D eigenvalue weighted by Crippen LogP contribution is -2.32. The molecule has 0 aliphatic heterocycles. The van der Waals surface area contributed by atoms with E-state index in [-0.39, 0.29) is 6.04 Å². The molecule has 2 aromatic rings. The summed E-state index contributed by atoms with van der Waals surface area (Å²) in [7, 11) is 0. The van der Waals surface area contributed by atoms with Crippen molar-refractivity contribution in [1.29, 1.82) is 0 Å². The van der Waals surface area contributed by atoms with Crippen LogP contribution in [0.3, 0.4) is 0 Å². The lowest BCUT2D eigenvalue weighted by atomic mass is 10.1. The number of aliphatic hydroxyl groups excluding tert-OH is 1. The fourth-order valence-electron chi connectivity index (χ4n) is 2.19. The summed E-state index contributed by atoms with van der Waals surface area (Å²) in [6.45, 7) is 2.31. The Balaban J connectivity index is 1.85.